The number of carbonyl (C=O) groups is 1. The van der Waals surface area contributed by atoms with E-state index in [1.165, 1.54) is 18.2 Å². The van der Waals surface area contributed by atoms with Crippen molar-refractivity contribution in [2.75, 3.05) is 20.6 Å². The Balaban J connectivity index is 2.07. The topological polar surface area (TPSA) is 73.2 Å². The van der Waals surface area contributed by atoms with Crippen LogP contribution in [0.1, 0.15) is 39.9 Å². The van der Waals surface area contributed by atoms with Gasteiger partial charge in [-0.1, -0.05) is 18.2 Å². The summed E-state index contributed by atoms with van der Waals surface area (Å²) in [6.45, 7) is 0.353. The molecule has 0 radical (unpaired) electrons. The lowest BCUT2D eigenvalue weighted by atomic mass is 9.81. The molecule has 0 aliphatic carbocycles. The normalized spacial score (nSPS) is 19.0. The number of nitriles is 1. The summed E-state index contributed by atoms with van der Waals surface area (Å²) in [7, 11) is 3.11. The van der Waals surface area contributed by atoms with Gasteiger partial charge in [0.05, 0.1) is 37.8 Å². The molecule has 1 aliphatic heterocycles. The molecule has 0 aromatic heterocycles. The summed E-state index contributed by atoms with van der Waals surface area (Å²) >= 11 is 0. The predicted octanol–water partition coefficient (Wildman–Crippen LogP) is 3.47. The number of fused-ring (bicyclic) bond motifs is 1. The van der Waals surface area contributed by atoms with Gasteiger partial charge in [-0.25, -0.2) is 9.18 Å². The van der Waals surface area contributed by atoms with Crippen LogP contribution < -0.4 is 0 Å². The first-order valence-corrected chi connectivity index (χ1v) is 8.33. The minimum absolute atomic E-state index is 0.337. The number of esters is 1. The van der Waals surface area contributed by atoms with Crippen molar-refractivity contribution in [2.45, 2.75) is 18.4 Å². The molecule has 1 heterocycles. The van der Waals surface area contributed by atoms with E-state index in [9.17, 15) is 14.4 Å². The third kappa shape index (κ3) is 3.32. The van der Waals surface area contributed by atoms with E-state index in [2.05, 4.69) is 0 Å². The average molecular weight is 354 g/mol. The van der Waals surface area contributed by atoms with Crippen LogP contribution in [0, 0.1) is 22.4 Å². The molecule has 134 valence electrons. The van der Waals surface area contributed by atoms with E-state index >= 15 is 0 Å². The highest BCUT2D eigenvalue weighted by Crippen LogP contribution is 2.45. The van der Waals surface area contributed by atoms with Gasteiger partial charge in [0.1, 0.15) is 5.82 Å². The highest BCUT2D eigenvalue weighted by molar-refractivity contribution is 5.95. The summed E-state index contributed by atoms with van der Waals surface area (Å²) < 4.78 is 18.7. The number of carbonyl (C=O) groups excluding carboxylic acids is 1. The molecule has 1 unspecified atom stereocenters. The molecule has 0 amide bonds. The molecule has 0 spiro atoms. The Morgan fingerprint density at radius 3 is 2.54 bits per heavy atom. The SMILES string of the molecule is C[N+](C)([O-])CCCC1(c2ccc(F)cc2)OC(=O)c2cc(C#N)ccc21. The maximum atomic E-state index is 13.4. The van der Waals surface area contributed by atoms with Crippen molar-refractivity contribution in [3.05, 3.63) is 75.7 Å². The molecule has 2 aromatic rings. The maximum Gasteiger partial charge on any atom is 0.339 e. The highest BCUT2D eigenvalue weighted by atomic mass is 19.1. The third-order valence-electron chi connectivity index (χ3n) is 4.61. The van der Waals surface area contributed by atoms with Crippen molar-refractivity contribution < 1.29 is 18.6 Å². The Morgan fingerprint density at radius 1 is 1.23 bits per heavy atom. The summed E-state index contributed by atoms with van der Waals surface area (Å²) in [5, 5.41) is 21.0. The smallest absolute Gasteiger partial charge is 0.339 e. The second-order valence-corrected chi connectivity index (χ2v) is 7.00. The molecule has 0 N–H and O–H groups in total. The number of benzene rings is 2. The van der Waals surface area contributed by atoms with Crippen molar-refractivity contribution in [2.24, 2.45) is 0 Å². The fourth-order valence-corrected chi connectivity index (χ4v) is 3.38. The molecular weight excluding hydrogens is 335 g/mol. The first kappa shape index (κ1) is 18.1. The van der Waals surface area contributed by atoms with Crippen molar-refractivity contribution in [3.63, 3.8) is 0 Å². The molecule has 1 atom stereocenters. The number of hydrogen-bond acceptors (Lipinski definition) is 4. The van der Waals surface area contributed by atoms with Crippen LogP contribution in [0.25, 0.3) is 0 Å². The number of quaternary nitrogens is 1. The molecule has 6 heteroatoms. The Kier molecular flexibility index (Phi) is 4.53. The molecule has 0 bridgehead atoms. The number of nitrogens with zero attached hydrogens (tertiary/aromatic N) is 2. The van der Waals surface area contributed by atoms with Gasteiger partial charge in [-0.2, -0.15) is 5.26 Å². The van der Waals surface area contributed by atoms with Crippen LogP contribution in [0.4, 0.5) is 4.39 Å². The van der Waals surface area contributed by atoms with Crippen molar-refractivity contribution in [3.8, 4) is 6.07 Å². The molecule has 5 nitrogen and oxygen atoms in total. The number of halogens is 1. The van der Waals surface area contributed by atoms with E-state index < -0.39 is 16.2 Å². The van der Waals surface area contributed by atoms with Crippen molar-refractivity contribution in [1.29, 1.82) is 5.26 Å². The van der Waals surface area contributed by atoms with Gasteiger partial charge in [0.15, 0.2) is 5.60 Å². The Hall–Kier alpha value is -2.75. The molecule has 0 saturated carbocycles. The van der Waals surface area contributed by atoms with Crippen molar-refractivity contribution in [1.82, 2.24) is 0 Å². The standard InChI is InChI=1S/C20H19FN2O3/c1-23(2,25)11-3-10-20(15-5-7-16(21)8-6-15)18-9-4-14(13-22)12-17(18)19(24)26-20/h4-9,12H,3,10-11H2,1-2H3. The van der Waals surface area contributed by atoms with Gasteiger partial charge in [0.2, 0.25) is 0 Å². The predicted molar refractivity (Wildman–Crippen MR) is 93.3 cm³/mol. The van der Waals surface area contributed by atoms with Gasteiger partial charge < -0.3 is 14.6 Å². The maximum absolute atomic E-state index is 13.4. The first-order valence-electron chi connectivity index (χ1n) is 8.33. The molecular formula is C20H19FN2O3. The number of cyclic esters (lactones) is 1. The lowest BCUT2D eigenvalue weighted by Gasteiger charge is -2.36. The van der Waals surface area contributed by atoms with Crippen LogP contribution in [-0.2, 0) is 10.3 Å². The van der Waals surface area contributed by atoms with E-state index in [0.717, 1.165) is 0 Å². The zero-order valence-electron chi connectivity index (χ0n) is 14.7. The van der Waals surface area contributed by atoms with E-state index in [0.29, 0.717) is 41.6 Å². The largest absolute Gasteiger partial charge is 0.633 e. The molecule has 0 saturated heterocycles. The van der Waals surface area contributed by atoms with Crippen LogP contribution in [-0.4, -0.2) is 31.3 Å². The quantitative estimate of drug-likeness (QED) is 0.468. The fraction of sp³-hybridized carbons (Fsp3) is 0.300. The summed E-state index contributed by atoms with van der Waals surface area (Å²) in [6, 6.07) is 12.7. The second-order valence-electron chi connectivity index (χ2n) is 7.00. The third-order valence-corrected chi connectivity index (χ3v) is 4.61. The van der Waals surface area contributed by atoms with Crippen LogP contribution in [0.15, 0.2) is 42.5 Å². The number of hydroxylamine groups is 3. The van der Waals surface area contributed by atoms with Crippen molar-refractivity contribution >= 4 is 5.97 Å². The van der Waals surface area contributed by atoms with E-state index in [1.807, 2.05) is 6.07 Å². The minimum atomic E-state index is -1.08. The van der Waals surface area contributed by atoms with Crippen LogP contribution in [0.3, 0.4) is 0 Å². The summed E-state index contributed by atoms with van der Waals surface area (Å²) in [4.78, 5) is 12.5. The van der Waals surface area contributed by atoms with E-state index in [4.69, 9.17) is 10.00 Å². The average Bonchev–Trinajstić information content (AvgIpc) is 2.87. The summed E-state index contributed by atoms with van der Waals surface area (Å²) in [5.41, 5.74) is 0.914. The lowest BCUT2D eigenvalue weighted by Crippen LogP contribution is -2.35. The Bertz CT molecular complexity index is 881. The van der Waals surface area contributed by atoms with Crippen LogP contribution in [0.5, 0.6) is 0 Å². The Labute approximate surface area is 151 Å². The lowest BCUT2D eigenvalue weighted by molar-refractivity contribution is -0.840. The monoisotopic (exact) mass is 354 g/mol. The van der Waals surface area contributed by atoms with Gasteiger partial charge in [-0.15, -0.1) is 0 Å². The van der Waals surface area contributed by atoms with Crippen LogP contribution >= 0.6 is 0 Å². The van der Waals surface area contributed by atoms with Gasteiger partial charge in [0, 0.05) is 24.0 Å². The summed E-state index contributed by atoms with van der Waals surface area (Å²) in [5.74, 6) is -0.900. The second kappa shape index (κ2) is 6.52. The van der Waals surface area contributed by atoms with Gasteiger partial charge >= 0.3 is 5.97 Å². The molecule has 26 heavy (non-hydrogen) atoms. The number of rotatable bonds is 5. The molecule has 3 rings (SSSR count). The zero-order valence-corrected chi connectivity index (χ0v) is 14.7. The Morgan fingerprint density at radius 2 is 1.92 bits per heavy atom. The highest BCUT2D eigenvalue weighted by Gasteiger charge is 2.46. The zero-order chi connectivity index (χ0) is 18.9. The molecule has 1 aliphatic rings. The summed E-state index contributed by atoms with van der Waals surface area (Å²) in [6.07, 6.45) is 0.911. The first-order chi connectivity index (χ1) is 12.2. The van der Waals surface area contributed by atoms with E-state index in [-0.39, 0.29) is 5.82 Å². The fourth-order valence-electron chi connectivity index (χ4n) is 3.38. The van der Waals surface area contributed by atoms with Gasteiger partial charge in [0.25, 0.3) is 0 Å². The minimum Gasteiger partial charge on any atom is -0.633 e. The van der Waals surface area contributed by atoms with Gasteiger partial charge in [-0.05, 0) is 24.3 Å². The van der Waals surface area contributed by atoms with Crippen LogP contribution in [0.2, 0.25) is 0 Å². The van der Waals surface area contributed by atoms with Gasteiger partial charge in [-0.3, -0.25) is 0 Å². The molecule has 2 aromatic carbocycles. The number of hydrogen-bond donors (Lipinski definition) is 0. The molecule has 0 fully saturated rings. The van der Waals surface area contributed by atoms with E-state index in [1.54, 1.807) is 38.4 Å². The number of ether oxygens (including phenoxy) is 1.